The second-order valence-corrected chi connectivity index (χ2v) is 9.96. The van der Waals surface area contributed by atoms with Crippen molar-refractivity contribution in [3.8, 4) is 11.1 Å². The highest BCUT2D eigenvalue weighted by Gasteiger charge is 2.44. The van der Waals surface area contributed by atoms with Crippen molar-refractivity contribution in [1.82, 2.24) is 10.6 Å². The minimum Gasteiger partial charge on any atom is -0.390 e. The summed E-state index contributed by atoms with van der Waals surface area (Å²) in [6.45, 7) is 3.69. The third-order valence-corrected chi connectivity index (χ3v) is 6.97. The van der Waals surface area contributed by atoms with Gasteiger partial charge < -0.3 is 15.7 Å². The van der Waals surface area contributed by atoms with Gasteiger partial charge in [-0.05, 0) is 78.1 Å². The molecule has 2 aromatic carbocycles. The van der Waals surface area contributed by atoms with E-state index in [1.54, 1.807) is 11.3 Å². The molecule has 1 fully saturated rings. The zero-order valence-electron chi connectivity index (χ0n) is 18.7. The fourth-order valence-electron chi connectivity index (χ4n) is 4.25. The Morgan fingerprint density at radius 3 is 2.45 bits per heavy atom. The van der Waals surface area contributed by atoms with Gasteiger partial charge in [0, 0.05) is 30.0 Å². The number of aliphatic hydroxyl groups excluding tert-OH is 1. The van der Waals surface area contributed by atoms with Crippen molar-refractivity contribution >= 4 is 17.2 Å². The Balaban J connectivity index is 1.45. The molecule has 0 saturated heterocycles. The first-order valence-electron chi connectivity index (χ1n) is 11.1. The van der Waals surface area contributed by atoms with Crippen LogP contribution in [-0.2, 0) is 16.8 Å². The Morgan fingerprint density at radius 2 is 1.85 bits per heavy atom. The van der Waals surface area contributed by atoms with E-state index in [0.717, 1.165) is 24.5 Å². The highest BCUT2D eigenvalue weighted by Crippen LogP contribution is 2.46. The summed E-state index contributed by atoms with van der Waals surface area (Å²) in [5.74, 6) is -1.68. The van der Waals surface area contributed by atoms with Gasteiger partial charge in [-0.3, -0.25) is 4.79 Å². The number of carbonyl (C=O) groups excluding carboxylic acids is 1. The Labute approximate surface area is 196 Å². The molecule has 2 atom stereocenters. The number of aliphatic hydroxyl groups is 1. The van der Waals surface area contributed by atoms with Crippen LogP contribution in [0.1, 0.15) is 35.8 Å². The minimum absolute atomic E-state index is 0.122. The Bertz CT molecular complexity index is 1120. The third-order valence-electron chi connectivity index (χ3n) is 6.11. The first-order valence-corrected chi connectivity index (χ1v) is 11.9. The standard InChI is InChI=1S/C26H28F2N2O2S/c1-16-8-20(15-33-16)19-4-3-5-21(12-19)26(6-7-26)29-14-25(32)24(30-17(2)31)11-18-9-22(27)13-23(28)10-18/h3-5,8-10,12-13,15,24-25,29,32H,6-7,11,14H2,1-2H3,(H,30,31). The number of rotatable bonds is 9. The number of carbonyl (C=O) groups is 1. The maximum absolute atomic E-state index is 13.6. The van der Waals surface area contributed by atoms with Crippen LogP contribution in [0.15, 0.2) is 53.9 Å². The second kappa shape index (κ2) is 9.71. The molecular formula is C26H28F2N2O2S. The maximum atomic E-state index is 13.6. The molecule has 1 aliphatic carbocycles. The fourth-order valence-corrected chi connectivity index (χ4v) is 4.97. The maximum Gasteiger partial charge on any atom is 0.217 e. The Hall–Kier alpha value is -2.61. The van der Waals surface area contributed by atoms with Crippen LogP contribution in [0.4, 0.5) is 8.78 Å². The van der Waals surface area contributed by atoms with Crippen molar-refractivity contribution in [3.05, 3.63) is 81.5 Å². The zero-order chi connectivity index (χ0) is 23.6. The molecule has 2 unspecified atom stereocenters. The van der Waals surface area contributed by atoms with Crippen molar-refractivity contribution in [1.29, 1.82) is 0 Å². The largest absolute Gasteiger partial charge is 0.390 e. The summed E-state index contributed by atoms with van der Waals surface area (Å²) < 4.78 is 27.2. The van der Waals surface area contributed by atoms with Crippen molar-refractivity contribution in [2.45, 2.75) is 50.8 Å². The lowest BCUT2D eigenvalue weighted by molar-refractivity contribution is -0.120. The van der Waals surface area contributed by atoms with E-state index in [4.69, 9.17) is 0 Å². The third kappa shape index (κ3) is 5.85. The van der Waals surface area contributed by atoms with Gasteiger partial charge in [0.25, 0.3) is 0 Å². The molecule has 1 aromatic heterocycles. The van der Waals surface area contributed by atoms with E-state index >= 15 is 0 Å². The van der Waals surface area contributed by atoms with Crippen LogP contribution in [0.3, 0.4) is 0 Å². The molecule has 7 heteroatoms. The summed E-state index contributed by atoms with van der Waals surface area (Å²) >= 11 is 1.72. The normalized spacial score (nSPS) is 16.3. The number of halogens is 2. The number of amides is 1. The summed E-state index contributed by atoms with van der Waals surface area (Å²) in [5, 5.41) is 19.2. The lowest BCUT2D eigenvalue weighted by atomic mass is 9.97. The molecule has 174 valence electrons. The minimum atomic E-state index is -0.930. The van der Waals surface area contributed by atoms with Gasteiger partial charge in [-0.2, -0.15) is 0 Å². The molecule has 4 rings (SSSR count). The molecule has 0 bridgehead atoms. The predicted molar refractivity (Wildman–Crippen MR) is 127 cm³/mol. The molecular weight excluding hydrogens is 442 g/mol. The molecule has 0 aliphatic heterocycles. The first kappa shape index (κ1) is 23.5. The van der Waals surface area contributed by atoms with Gasteiger partial charge in [-0.25, -0.2) is 8.78 Å². The summed E-state index contributed by atoms with van der Waals surface area (Å²) in [5.41, 5.74) is 3.69. The SMILES string of the molecule is CC(=O)NC(Cc1cc(F)cc(F)c1)C(O)CNC1(c2cccc(-c3csc(C)c3)c2)CC1. The smallest absolute Gasteiger partial charge is 0.217 e. The van der Waals surface area contributed by atoms with Gasteiger partial charge in [0.05, 0.1) is 12.1 Å². The second-order valence-electron chi connectivity index (χ2n) is 8.85. The van der Waals surface area contributed by atoms with Crippen LogP contribution in [0, 0.1) is 18.6 Å². The number of benzene rings is 2. The van der Waals surface area contributed by atoms with Crippen molar-refractivity contribution in [3.63, 3.8) is 0 Å². The van der Waals surface area contributed by atoms with E-state index in [-0.39, 0.29) is 24.4 Å². The summed E-state index contributed by atoms with van der Waals surface area (Å²) in [6.07, 6.45) is 1.09. The van der Waals surface area contributed by atoms with Gasteiger partial charge in [0.1, 0.15) is 11.6 Å². The predicted octanol–water partition coefficient (Wildman–Crippen LogP) is 4.69. The quantitative estimate of drug-likeness (QED) is 0.425. The Kier molecular flexibility index (Phi) is 6.93. The molecule has 33 heavy (non-hydrogen) atoms. The van der Waals surface area contributed by atoms with Crippen LogP contribution >= 0.6 is 11.3 Å². The number of hydrogen-bond acceptors (Lipinski definition) is 4. The van der Waals surface area contributed by atoms with E-state index < -0.39 is 23.8 Å². The monoisotopic (exact) mass is 470 g/mol. The highest BCUT2D eigenvalue weighted by molar-refractivity contribution is 7.10. The molecule has 1 aliphatic rings. The van der Waals surface area contributed by atoms with Gasteiger partial charge in [-0.15, -0.1) is 11.3 Å². The molecule has 0 radical (unpaired) electrons. The zero-order valence-corrected chi connectivity index (χ0v) is 19.5. The number of thiophene rings is 1. The van der Waals surface area contributed by atoms with Crippen LogP contribution in [0.25, 0.3) is 11.1 Å². The van der Waals surface area contributed by atoms with E-state index in [9.17, 15) is 18.7 Å². The van der Waals surface area contributed by atoms with Crippen LogP contribution < -0.4 is 10.6 Å². The number of aryl methyl sites for hydroxylation is 1. The summed E-state index contributed by atoms with van der Waals surface area (Å²) in [6, 6.07) is 13.2. The molecule has 1 amide bonds. The van der Waals surface area contributed by atoms with Crippen LogP contribution in [0.2, 0.25) is 0 Å². The molecule has 0 spiro atoms. The Morgan fingerprint density at radius 1 is 1.12 bits per heavy atom. The topological polar surface area (TPSA) is 61.4 Å². The van der Waals surface area contributed by atoms with Crippen LogP contribution in [-0.4, -0.2) is 29.7 Å². The van der Waals surface area contributed by atoms with E-state index in [1.165, 1.54) is 35.1 Å². The van der Waals surface area contributed by atoms with Gasteiger partial charge >= 0.3 is 0 Å². The van der Waals surface area contributed by atoms with Crippen LogP contribution in [0.5, 0.6) is 0 Å². The van der Waals surface area contributed by atoms with E-state index in [0.29, 0.717) is 5.56 Å². The fraction of sp³-hybridized carbons (Fsp3) is 0.346. The average Bonchev–Trinajstić information content (AvgIpc) is 3.43. The van der Waals surface area contributed by atoms with Crippen molar-refractivity contribution in [2.24, 2.45) is 0 Å². The number of hydrogen-bond donors (Lipinski definition) is 3. The lowest BCUT2D eigenvalue weighted by Crippen LogP contribution is -2.49. The summed E-state index contributed by atoms with van der Waals surface area (Å²) in [4.78, 5) is 13.0. The molecule has 1 heterocycles. The summed E-state index contributed by atoms with van der Waals surface area (Å²) in [7, 11) is 0. The van der Waals surface area contributed by atoms with Crippen molar-refractivity contribution < 1.29 is 18.7 Å². The highest BCUT2D eigenvalue weighted by atomic mass is 32.1. The number of nitrogens with one attached hydrogen (secondary N) is 2. The molecule has 3 aromatic rings. The molecule has 1 saturated carbocycles. The lowest BCUT2D eigenvalue weighted by Gasteiger charge is -2.27. The van der Waals surface area contributed by atoms with E-state index in [1.807, 2.05) is 0 Å². The average molecular weight is 471 g/mol. The van der Waals surface area contributed by atoms with Gasteiger partial charge in [-0.1, -0.05) is 18.2 Å². The first-order chi connectivity index (χ1) is 15.7. The van der Waals surface area contributed by atoms with Gasteiger partial charge in [0.2, 0.25) is 5.91 Å². The van der Waals surface area contributed by atoms with E-state index in [2.05, 4.69) is 53.3 Å². The van der Waals surface area contributed by atoms with Crippen molar-refractivity contribution in [2.75, 3.05) is 6.54 Å². The molecule has 4 nitrogen and oxygen atoms in total. The van der Waals surface area contributed by atoms with Gasteiger partial charge in [0.15, 0.2) is 0 Å². The molecule has 3 N–H and O–H groups in total.